The number of aromatic nitrogens is 2. The molecule has 0 radical (unpaired) electrons. The van der Waals surface area contributed by atoms with Crippen LogP contribution in [0.2, 0.25) is 0 Å². The van der Waals surface area contributed by atoms with E-state index in [4.69, 9.17) is 5.73 Å². The summed E-state index contributed by atoms with van der Waals surface area (Å²) < 4.78 is 1.50. The zero-order chi connectivity index (χ0) is 15.9. The molecule has 0 unspecified atom stereocenters. The fourth-order valence-electron chi connectivity index (χ4n) is 1.88. The zero-order valence-corrected chi connectivity index (χ0v) is 13.2. The fraction of sp³-hybridized carbons (Fsp3) is 0.286. The van der Waals surface area contributed by atoms with Crippen molar-refractivity contribution in [2.45, 2.75) is 12.8 Å². The Bertz CT molecular complexity index is 657. The van der Waals surface area contributed by atoms with Gasteiger partial charge in [-0.15, -0.1) is 12.4 Å². The molecule has 1 amide bonds. The number of nitrogens with zero attached hydrogens (tertiary/aromatic N) is 3. The molecule has 0 saturated carbocycles. The molecule has 1 aromatic heterocycles. The molecule has 0 bridgehead atoms. The molecule has 2 aromatic rings. The van der Waals surface area contributed by atoms with Crippen LogP contribution in [-0.4, -0.2) is 33.7 Å². The van der Waals surface area contributed by atoms with Crippen LogP contribution in [0.4, 0.5) is 5.69 Å². The minimum atomic E-state index is -0.465. The van der Waals surface area contributed by atoms with E-state index in [1.165, 1.54) is 16.8 Å². The minimum absolute atomic E-state index is 0. The summed E-state index contributed by atoms with van der Waals surface area (Å²) in [7, 11) is 0. The molecule has 0 fully saturated rings. The minimum Gasteiger partial charge on any atom is -0.351 e. The SMILES string of the molecule is Cl.NCCCCNC(=O)c1ccn(-c2ccc([N+](=O)[O-])cc2)n1. The highest BCUT2D eigenvalue weighted by Gasteiger charge is 2.10. The number of unbranched alkanes of at least 4 members (excludes halogenated alkanes) is 1. The molecule has 1 aromatic carbocycles. The van der Waals surface area contributed by atoms with E-state index in [2.05, 4.69) is 10.4 Å². The van der Waals surface area contributed by atoms with Crippen molar-refractivity contribution in [2.24, 2.45) is 5.73 Å². The number of amides is 1. The molecule has 23 heavy (non-hydrogen) atoms. The third kappa shape index (κ3) is 5.04. The van der Waals surface area contributed by atoms with Gasteiger partial charge < -0.3 is 11.1 Å². The fourth-order valence-corrected chi connectivity index (χ4v) is 1.88. The summed E-state index contributed by atoms with van der Waals surface area (Å²) in [5.74, 6) is -0.252. The molecule has 0 saturated heterocycles. The van der Waals surface area contributed by atoms with Crippen molar-refractivity contribution in [2.75, 3.05) is 13.1 Å². The van der Waals surface area contributed by atoms with Crippen molar-refractivity contribution in [3.05, 3.63) is 52.3 Å². The number of carbonyl (C=O) groups excluding carboxylic acids is 1. The van der Waals surface area contributed by atoms with Crippen molar-refractivity contribution in [3.8, 4) is 5.69 Å². The quantitative estimate of drug-likeness (QED) is 0.452. The van der Waals surface area contributed by atoms with E-state index in [1.807, 2.05) is 0 Å². The van der Waals surface area contributed by atoms with E-state index >= 15 is 0 Å². The average molecular weight is 340 g/mol. The maximum atomic E-state index is 11.9. The number of nitro groups is 1. The first kappa shape index (κ1) is 18.6. The van der Waals surface area contributed by atoms with Crippen molar-refractivity contribution < 1.29 is 9.72 Å². The number of hydrogen-bond acceptors (Lipinski definition) is 5. The second-order valence-corrected chi connectivity index (χ2v) is 4.67. The Hall–Kier alpha value is -2.45. The standard InChI is InChI=1S/C14H17N5O3.ClH/c15-8-1-2-9-16-14(20)13-7-10-18(17-13)11-3-5-12(6-4-11)19(21)22;/h3-7,10H,1-2,8-9,15H2,(H,16,20);1H. The monoisotopic (exact) mass is 339 g/mol. The van der Waals surface area contributed by atoms with E-state index in [-0.39, 0.29) is 24.0 Å². The summed E-state index contributed by atoms with van der Waals surface area (Å²) in [4.78, 5) is 22.0. The summed E-state index contributed by atoms with van der Waals surface area (Å²) in [6.45, 7) is 1.16. The van der Waals surface area contributed by atoms with Gasteiger partial charge in [-0.25, -0.2) is 4.68 Å². The lowest BCUT2D eigenvalue weighted by molar-refractivity contribution is -0.384. The van der Waals surface area contributed by atoms with Crippen LogP contribution in [0.1, 0.15) is 23.3 Å². The summed E-state index contributed by atoms with van der Waals surface area (Å²) >= 11 is 0. The lowest BCUT2D eigenvalue weighted by Gasteiger charge is -2.02. The molecule has 8 nitrogen and oxygen atoms in total. The number of hydrogen-bond donors (Lipinski definition) is 2. The molecule has 124 valence electrons. The van der Waals surface area contributed by atoms with E-state index < -0.39 is 4.92 Å². The number of nitrogens with one attached hydrogen (secondary N) is 1. The van der Waals surface area contributed by atoms with Crippen LogP contribution in [0.25, 0.3) is 5.69 Å². The molecule has 0 aliphatic rings. The predicted octanol–water partition coefficient (Wildman–Crippen LogP) is 1.67. The Labute approximate surface area is 139 Å². The van der Waals surface area contributed by atoms with Crippen molar-refractivity contribution in [3.63, 3.8) is 0 Å². The van der Waals surface area contributed by atoms with Crippen molar-refractivity contribution in [1.82, 2.24) is 15.1 Å². The number of non-ortho nitro benzene ring substituents is 1. The van der Waals surface area contributed by atoms with Crippen LogP contribution in [0, 0.1) is 10.1 Å². The molecule has 0 aliphatic carbocycles. The smallest absolute Gasteiger partial charge is 0.271 e. The Morgan fingerprint density at radius 2 is 1.96 bits per heavy atom. The van der Waals surface area contributed by atoms with Gasteiger partial charge in [-0.1, -0.05) is 0 Å². The molecule has 3 N–H and O–H groups in total. The molecular formula is C14H18ClN5O3. The number of carbonyl (C=O) groups is 1. The molecule has 2 rings (SSSR count). The Kier molecular flexibility index (Phi) is 7.17. The second kappa shape index (κ2) is 8.86. The van der Waals surface area contributed by atoms with Gasteiger partial charge in [0.05, 0.1) is 10.6 Å². The van der Waals surface area contributed by atoms with Crippen LogP contribution in [0.15, 0.2) is 36.5 Å². The van der Waals surface area contributed by atoms with Crippen molar-refractivity contribution >= 4 is 24.0 Å². The van der Waals surface area contributed by atoms with Gasteiger partial charge in [0.2, 0.25) is 0 Å². The predicted molar refractivity (Wildman–Crippen MR) is 88.1 cm³/mol. The van der Waals surface area contributed by atoms with Crippen LogP contribution in [0.3, 0.4) is 0 Å². The van der Waals surface area contributed by atoms with Gasteiger partial charge in [0.25, 0.3) is 11.6 Å². The van der Waals surface area contributed by atoms with Gasteiger partial charge in [0, 0.05) is 24.9 Å². The lowest BCUT2D eigenvalue weighted by atomic mass is 10.3. The van der Waals surface area contributed by atoms with Gasteiger partial charge in [-0.05, 0) is 37.6 Å². The Balaban J connectivity index is 0.00000264. The highest BCUT2D eigenvalue weighted by atomic mass is 35.5. The van der Waals surface area contributed by atoms with Gasteiger partial charge >= 0.3 is 0 Å². The van der Waals surface area contributed by atoms with Crippen LogP contribution in [0.5, 0.6) is 0 Å². The summed E-state index contributed by atoms with van der Waals surface area (Å²) in [5.41, 5.74) is 6.33. The van der Waals surface area contributed by atoms with Crippen LogP contribution < -0.4 is 11.1 Å². The number of halogens is 1. The van der Waals surface area contributed by atoms with E-state index in [0.29, 0.717) is 24.5 Å². The van der Waals surface area contributed by atoms with E-state index in [9.17, 15) is 14.9 Å². The number of benzene rings is 1. The van der Waals surface area contributed by atoms with Gasteiger partial charge in [-0.3, -0.25) is 14.9 Å². The summed E-state index contributed by atoms with van der Waals surface area (Å²) in [6.07, 6.45) is 3.32. The van der Waals surface area contributed by atoms with Gasteiger partial charge in [-0.2, -0.15) is 5.10 Å². The Morgan fingerprint density at radius 3 is 2.57 bits per heavy atom. The molecular weight excluding hydrogens is 322 g/mol. The number of nitro benzene ring substituents is 1. The van der Waals surface area contributed by atoms with Crippen LogP contribution >= 0.6 is 12.4 Å². The molecule has 0 spiro atoms. The summed E-state index contributed by atoms with van der Waals surface area (Å²) in [5, 5.41) is 17.5. The maximum absolute atomic E-state index is 11.9. The normalized spacial score (nSPS) is 9.96. The number of rotatable bonds is 7. The number of nitrogens with two attached hydrogens (primary N) is 1. The first-order chi connectivity index (χ1) is 10.6. The highest BCUT2D eigenvalue weighted by Crippen LogP contribution is 2.14. The van der Waals surface area contributed by atoms with E-state index in [1.54, 1.807) is 24.4 Å². The van der Waals surface area contributed by atoms with Gasteiger partial charge in [0.1, 0.15) is 0 Å². The first-order valence-electron chi connectivity index (χ1n) is 6.90. The largest absolute Gasteiger partial charge is 0.351 e. The first-order valence-corrected chi connectivity index (χ1v) is 6.90. The lowest BCUT2D eigenvalue weighted by Crippen LogP contribution is -2.25. The zero-order valence-electron chi connectivity index (χ0n) is 12.3. The summed E-state index contributed by atoms with van der Waals surface area (Å²) in [6, 6.07) is 7.54. The van der Waals surface area contributed by atoms with E-state index in [0.717, 1.165) is 12.8 Å². The molecule has 9 heteroatoms. The third-order valence-corrected chi connectivity index (χ3v) is 3.06. The third-order valence-electron chi connectivity index (χ3n) is 3.06. The topological polar surface area (TPSA) is 116 Å². The van der Waals surface area contributed by atoms with Gasteiger partial charge in [0.15, 0.2) is 5.69 Å². The highest BCUT2D eigenvalue weighted by molar-refractivity contribution is 5.92. The Morgan fingerprint density at radius 1 is 1.26 bits per heavy atom. The average Bonchev–Trinajstić information content (AvgIpc) is 3.01. The molecule has 0 aliphatic heterocycles. The van der Waals surface area contributed by atoms with Crippen molar-refractivity contribution in [1.29, 1.82) is 0 Å². The maximum Gasteiger partial charge on any atom is 0.271 e. The molecule has 1 heterocycles. The second-order valence-electron chi connectivity index (χ2n) is 4.67. The molecule has 0 atom stereocenters. The van der Waals surface area contributed by atoms with Crippen LogP contribution in [-0.2, 0) is 0 Å².